The number of aromatic nitrogens is 2. The molecule has 0 saturated carbocycles. The Labute approximate surface area is 81.0 Å². The van der Waals surface area contributed by atoms with Crippen molar-refractivity contribution in [2.75, 3.05) is 5.73 Å². The maximum absolute atomic E-state index is 5.58. The number of anilines is 1. The fourth-order valence-corrected chi connectivity index (χ4v) is 1.14. The number of hydrogen-bond donors (Lipinski definition) is 1. The van der Waals surface area contributed by atoms with Crippen molar-refractivity contribution in [2.45, 2.75) is 6.92 Å². The Hall–Kier alpha value is -1.03. The second-order valence-corrected chi connectivity index (χ2v) is 2.61. The molecule has 0 spiro atoms. The Kier molecular flexibility index (Phi) is 2.38. The normalized spacial score (nSPS) is 9.75. The summed E-state index contributed by atoms with van der Waals surface area (Å²) >= 11 is 0. The van der Waals surface area contributed by atoms with E-state index in [1.165, 1.54) is 0 Å². The SMILES string of the molecule is Br.Cc1cn2cc(N)ccc2n1. The molecule has 0 atom stereocenters. The van der Waals surface area contributed by atoms with Crippen molar-refractivity contribution in [1.82, 2.24) is 9.38 Å². The number of imidazole rings is 1. The Bertz CT molecular complexity index is 394. The molecule has 3 nitrogen and oxygen atoms in total. The van der Waals surface area contributed by atoms with Gasteiger partial charge < -0.3 is 10.1 Å². The van der Waals surface area contributed by atoms with Crippen LogP contribution in [0.5, 0.6) is 0 Å². The van der Waals surface area contributed by atoms with Crippen LogP contribution in [-0.2, 0) is 0 Å². The zero-order chi connectivity index (χ0) is 7.84. The van der Waals surface area contributed by atoms with Crippen molar-refractivity contribution in [1.29, 1.82) is 0 Å². The second kappa shape index (κ2) is 3.15. The molecular formula is C8H10BrN3. The summed E-state index contributed by atoms with van der Waals surface area (Å²) in [7, 11) is 0. The van der Waals surface area contributed by atoms with Crippen molar-refractivity contribution in [3.63, 3.8) is 0 Å². The Morgan fingerprint density at radius 3 is 2.83 bits per heavy atom. The van der Waals surface area contributed by atoms with E-state index in [1.54, 1.807) is 0 Å². The van der Waals surface area contributed by atoms with Crippen LogP contribution in [0.3, 0.4) is 0 Å². The summed E-state index contributed by atoms with van der Waals surface area (Å²) in [6.45, 7) is 1.96. The maximum atomic E-state index is 5.58. The Morgan fingerprint density at radius 2 is 2.08 bits per heavy atom. The van der Waals surface area contributed by atoms with E-state index in [0.717, 1.165) is 17.0 Å². The smallest absolute Gasteiger partial charge is 0.137 e. The third kappa shape index (κ3) is 1.43. The highest BCUT2D eigenvalue weighted by atomic mass is 79.9. The Balaban J connectivity index is 0.000000720. The largest absolute Gasteiger partial charge is 0.398 e. The van der Waals surface area contributed by atoms with Gasteiger partial charge in [-0.15, -0.1) is 17.0 Å². The third-order valence-electron chi connectivity index (χ3n) is 1.59. The highest BCUT2D eigenvalue weighted by Crippen LogP contribution is 2.07. The Morgan fingerprint density at radius 1 is 1.33 bits per heavy atom. The van der Waals surface area contributed by atoms with Crippen LogP contribution < -0.4 is 5.73 Å². The van der Waals surface area contributed by atoms with Gasteiger partial charge in [-0.05, 0) is 19.1 Å². The average molecular weight is 228 g/mol. The van der Waals surface area contributed by atoms with Gasteiger partial charge >= 0.3 is 0 Å². The predicted molar refractivity (Wildman–Crippen MR) is 54.7 cm³/mol. The molecule has 2 N–H and O–H groups in total. The molecule has 0 aliphatic carbocycles. The minimum atomic E-state index is 0. The lowest BCUT2D eigenvalue weighted by molar-refractivity contribution is 1.19. The van der Waals surface area contributed by atoms with Crippen molar-refractivity contribution in [3.8, 4) is 0 Å². The van der Waals surface area contributed by atoms with E-state index in [4.69, 9.17) is 5.73 Å². The summed E-state index contributed by atoms with van der Waals surface area (Å²) in [6, 6.07) is 3.75. The van der Waals surface area contributed by atoms with Crippen LogP contribution in [0.25, 0.3) is 5.65 Å². The van der Waals surface area contributed by atoms with Crippen LogP contribution in [0.15, 0.2) is 24.5 Å². The van der Waals surface area contributed by atoms with Gasteiger partial charge in [-0.1, -0.05) is 0 Å². The van der Waals surface area contributed by atoms with Crippen LogP contribution in [-0.4, -0.2) is 9.38 Å². The quantitative estimate of drug-likeness (QED) is 0.747. The number of nitrogens with two attached hydrogens (primary N) is 1. The molecule has 0 bridgehead atoms. The molecule has 12 heavy (non-hydrogen) atoms. The minimum Gasteiger partial charge on any atom is -0.398 e. The number of hydrogen-bond acceptors (Lipinski definition) is 2. The molecule has 2 aromatic heterocycles. The van der Waals surface area contributed by atoms with Gasteiger partial charge in [-0.3, -0.25) is 0 Å². The van der Waals surface area contributed by atoms with Gasteiger partial charge in [0.05, 0.1) is 5.69 Å². The molecule has 2 heterocycles. The average Bonchev–Trinajstić information content (AvgIpc) is 2.27. The summed E-state index contributed by atoms with van der Waals surface area (Å²) in [5, 5.41) is 0. The van der Waals surface area contributed by atoms with Gasteiger partial charge in [-0.2, -0.15) is 0 Å². The third-order valence-corrected chi connectivity index (χ3v) is 1.59. The van der Waals surface area contributed by atoms with Gasteiger partial charge in [0, 0.05) is 18.1 Å². The minimum absolute atomic E-state index is 0. The lowest BCUT2D eigenvalue weighted by Crippen LogP contribution is -1.88. The van der Waals surface area contributed by atoms with E-state index in [1.807, 2.05) is 35.9 Å². The van der Waals surface area contributed by atoms with Crippen LogP contribution >= 0.6 is 17.0 Å². The van der Waals surface area contributed by atoms with E-state index in [9.17, 15) is 0 Å². The van der Waals surface area contributed by atoms with Gasteiger partial charge in [0.15, 0.2) is 0 Å². The topological polar surface area (TPSA) is 43.3 Å². The van der Waals surface area contributed by atoms with Crippen molar-refractivity contribution < 1.29 is 0 Å². The number of pyridine rings is 1. The number of fused-ring (bicyclic) bond motifs is 1. The summed E-state index contributed by atoms with van der Waals surface area (Å²) in [5.74, 6) is 0. The first-order chi connectivity index (χ1) is 5.25. The lowest BCUT2D eigenvalue weighted by atomic mass is 10.4. The standard InChI is InChI=1S/C8H9N3.BrH/c1-6-4-11-5-7(9)2-3-8(11)10-6;/h2-5H,9H2,1H3;1H. The molecule has 0 radical (unpaired) electrons. The fraction of sp³-hybridized carbons (Fsp3) is 0.125. The van der Waals surface area contributed by atoms with E-state index in [2.05, 4.69) is 4.98 Å². The number of rotatable bonds is 0. The first-order valence-corrected chi connectivity index (χ1v) is 3.46. The van der Waals surface area contributed by atoms with Crippen molar-refractivity contribution >= 4 is 28.3 Å². The summed E-state index contributed by atoms with van der Waals surface area (Å²) < 4.78 is 1.92. The number of nitrogen functional groups attached to an aromatic ring is 1. The summed E-state index contributed by atoms with van der Waals surface area (Å²) in [6.07, 6.45) is 3.81. The molecule has 0 aliphatic heterocycles. The molecule has 0 aliphatic rings. The van der Waals surface area contributed by atoms with Crippen LogP contribution in [0, 0.1) is 6.92 Å². The monoisotopic (exact) mass is 227 g/mol. The van der Waals surface area contributed by atoms with E-state index in [-0.39, 0.29) is 17.0 Å². The number of halogens is 1. The molecule has 2 aromatic rings. The highest BCUT2D eigenvalue weighted by molar-refractivity contribution is 8.93. The highest BCUT2D eigenvalue weighted by Gasteiger charge is 1.95. The molecule has 4 heteroatoms. The molecule has 0 amide bonds. The predicted octanol–water partition coefficient (Wildman–Crippen LogP) is 1.80. The van der Waals surface area contributed by atoms with E-state index >= 15 is 0 Å². The summed E-state index contributed by atoms with van der Waals surface area (Å²) in [4.78, 5) is 4.26. The van der Waals surface area contributed by atoms with Gasteiger partial charge in [-0.25, -0.2) is 4.98 Å². The molecule has 64 valence electrons. The molecule has 0 fully saturated rings. The first-order valence-electron chi connectivity index (χ1n) is 3.46. The lowest BCUT2D eigenvalue weighted by Gasteiger charge is -1.93. The molecule has 2 rings (SSSR count). The zero-order valence-corrected chi connectivity index (χ0v) is 8.40. The second-order valence-electron chi connectivity index (χ2n) is 2.61. The van der Waals surface area contributed by atoms with E-state index in [0.29, 0.717) is 0 Å². The van der Waals surface area contributed by atoms with Crippen LogP contribution in [0.2, 0.25) is 0 Å². The number of aryl methyl sites for hydroxylation is 1. The first kappa shape index (κ1) is 9.06. The van der Waals surface area contributed by atoms with Crippen molar-refractivity contribution in [2.24, 2.45) is 0 Å². The molecular weight excluding hydrogens is 218 g/mol. The molecule has 0 saturated heterocycles. The maximum Gasteiger partial charge on any atom is 0.137 e. The fourth-order valence-electron chi connectivity index (χ4n) is 1.14. The molecule has 0 unspecified atom stereocenters. The van der Waals surface area contributed by atoms with Crippen LogP contribution in [0.4, 0.5) is 5.69 Å². The van der Waals surface area contributed by atoms with Crippen molar-refractivity contribution in [3.05, 3.63) is 30.2 Å². The van der Waals surface area contributed by atoms with Gasteiger partial charge in [0.2, 0.25) is 0 Å². The van der Waals surface area contributed by atoms with Crippen LogP contribution in [0.1, 0.15) is 5.69 Å². The van der Waals surface area contributed by atoms with Gasteiger partial charge in [0.25, 0.3) is 0 Å². The zero-order valence-electron chi connectivity index (χ0n) is 6.69. The molecule has 0 aromatic carbocycles. The van der Waals surface area contributed by atoms with Gasteiger partial charge in [0.1, 0.15) is 5.65 Å². The summed E-state index contributed by atoms with van der Waals surface area (Å²) in [5.41, 5.74) is 8.29. The van der Waals surface area contributed by atoms with E-state index < -0.39 is 0 Å². The number of nitrogens with zero attached hydrogens (tertiary/aromatic N) is 2.